The van der Waals surface area contributed by atoms with Crippen LogP contribution in [-0.2, 0) is 4.74 Å². The summed E-state index contributed by atoms with van der Waals surface area (Å²) in [5, 5.41) is 0. The highest BCUT2D eigenvalue weighted by atomic mass is 16.5. The van der Waals surface area contributed by atoms with Crippen LogP contribution in [0.5, 0.6) is 0 Å². The molecule has 0 amide bonds. The smallest absolute Gasteiger partial charge is 0.0641 e. The van der Waals surface area contributed by atoms with Gasteiger partial charge in [0.1, 0.15) is 0 Å². The van der Waals surface area contributed by atoms with Crippen LogP contribution in [0, 0.1) is 0 Å². The topological polar surface area (TPSA) is 35.0 Å². The maximum atomic E-state index is 5.24. The summed E-state index contributed by atoms with van der Waals surface area (Å²) >= 11 is 0. The number of hydrogen-bond donors (Lipinski definition) is 0. The first-order valence-corrected chi connectivity index (χ1v) is 3.80. The van der Waals surface area contributed by atoms with E-state index in [2.05, 4.69) is 9.97 Å². The Hall–Kier alpha value is -0.960. The standard InChI is InChI=1S/C8H10N2O/c1-4-11-6-7(1)8-5-9-2-3-10-8/h2-3,5,7H,1,4,6H2. The molecule has 1 aliphatic rings. The average molecular weight is 150 g/mol. The van der Waals surface area contributed by atoms with Gasteiger partial charge < -0.3 is 4.74 Å². The molecule has 2 rings (SSSR count). The maximum Gasteiger partial charge on any atom is 0.0641 e. The fraction of sp³-hybridized carbons (Fsp3) is 0.500. The number of hydrogen-bond acceptors (Lipinski definition) is 3. The molecule has 0 saturated carbocycles. The Morgan fingerprint density at radius 2 is 2.45 bits per heavy atom. The zero-order valence-corrected chi connectivity index (χ0v) is 6.23. The van der Waals surface area contributed by atoms with Crippen LogP contribution in [0.1, 0.15) is 18.0 Å². The minimum atomic E-state index is 0.476. The van der Waals surface area contributed by atoms with Crippen molar-refractivity contribution in [1.82, 2.24) is 9.97 Å². The van der Waals surface area contributed by atoms with E-state index in [1.807, 2.05) is 6.20 Å². The fourth-order valence-electron chi connectivity index (χ4n) is 1.29. The third kappa shape index (κ3) is 1.38. The van der Waals surface area contributed by atoms with Crippen LogP contribution in [0.15, 0.2) is 18.6 Å². The maximum absolute atomic E-state index is 5.24. The quantitative estimate of drug-likeness (QED) is 0.598. The summed E-state index contributed by atoms with van der Waals surface area (Å²) in [6.45, 7) is 1.67. The monoisotopic (exact) mass is 150 g/mol. The lowest BCUT2D eigenvalue weighted by Gasteiger charge is -2.03. The zero-order chi connectivity index (χ0) is 7.52. The molecule has 1 aliphatic heterocycles. The van der Waals surface area contributed by atoms with Gasteiger partial charge in [-0.15, -0.1) is 0 Å². The van der Waals surface area contributed by atoms with E-state index < -0.39 is 0 Å². The summed E-state index contributed by atoms with van der Waals surface area (Å²) in [6, 6.07) is 0. The normalized spacial score (nSPS) is 23.8. The summed E-state index contributed by atoms with van der Waals surface area (Å²) < 4.78 is 5.24. The molecule has 0 N–H and O–H groups in total. The number of rotatable bonds is 1. The summed E-state index contributed by atoms with van der Waals surface area (Å²) in [5.41, 5.74) is 1.06. The lowest BCUT2D eigenvalue weighted by atomic mass is 10.1. The molecule has 1 atom stereocenters. The molecule has 1 aromatic heterocycles. The Morgan fingerprint density at radius 3 is 3.09 bits per heavy atom. The second kappa shape index (κ2) is 2.96. The molecular weight excluding hydrogens is 140 g/mol. The first-order chi connectivity index (χ1) is 5.47. The van der Waals surface area contributed by atoms with Gasteiger partial charge in [-0.25, -0.2) is 0 Å². The van der Waals surface area contributed by atoms with Gasteiger partial charge in [-0.1, -0.05) is 0 Å². The number of ether oxygens (including phenoxy) is 1. The Balaban J connectivity index is 2.16. The summed E-state index contributed by atoms with van der Waals surface area (Å²) in [6.07, 6.45) is 6.32. The van der Waals surface area contributed by atoms with Crippen molar-refractivity contribution < 1.29 is 4.74 Å². The number of nitrogens with zero attached hydrogens (tertiary/aromatic N) is 2. The van der Waals surface area contributed by atoms with Crippen molar-refractivity contribution in [3.8, 4) is 0 Å². The van der Waals surface area contributed by atoms with Gasteiger partial charge >= 0.3 is 0 Å². The van der Waals surface area contributed by atoms with Gasteiger partial charge in [0.2, 0.25) is 0 Å². The van der Waals surface area contributed by atoms with Crippen LogP contribution in [0.25, 0.3) is 0 Å². The van der Waals surface area contributed by atoms with E-state index in [0.29, 0.717) is 5.92 Å². The van der Waals surface area contributed by atoms with Gasteiger partial charge in [-0.05, 0) is 6.42 Å². The average Bonchev–Trinajstić information content (AvgIpc) is 2.58. The Bertz CT molecular complexity index is 219. The van der Waals surface area contributed by atoms with Gasteiger partial charge in [-0.2, -0.15) is 0 Å². The summed E-state index contributed by atoms with van der Waals surface area (Å²) in [5.74, 6) is 0.476. The molecule has 0 radical (unpaired) electrons. The first kappa shape index (κ1) is 6.73. The third-order valence-electron chi connectivity index (χ3n) is 1.93. The molecule has 1 saturated heterocycles. The van der Waals surface area contributed by atoms with Crippen molar-refractivity contribution in [2.45, 2.75) is 12.3 Å². The first-order valence-electron chi connectivity index (χ1n) is 3.80. The molecule has 1 unspecified atom stereocenters. The van der Waals surface area contributed by atoms with Crippen LogP contribution < -0.4 is 0 Å². The van der Waals surface area contributed by atoms with Gasteiger partial charge in [0.15, 0.2) is 0 Å². The van der Waals surface area contributed by atoms with Gasteiger partial charge in [0, 0.05) is 31.1 Å². The van der Waals surface area contributed by atoms with Gasteiger partial charge in [0.05, 0.1) is 12.3 Å². The lowest BCUT2D eigenvalue weighted by Crippen LogP contribution is -2.00. The van der Waals surface area contributed by atoms with Gasteiger partial charge in [0.25, 0.3) is 0 Å². The molecule has 3 nitrogen and oxygen atoms in total. The van der Waals surface area contributed by atoms with E-state index >= 15 is 0 Å². The van der Waals surface area contributed by atoms with Gasteiger partial charge in [-0.3, -0.25) is 9.97 Å². The molecule has 3 heteroatoms. The van der Waals surface area contributed by atoms with Crippen molar-refractivity contribution in [3.63, 3.8) is 0 Å². The third-order valence-corrected chi connectivity index (χ3v) is 1.93. The molecule has 0 bridgehead atoms. The molecule has 2 heterocycles. The highest BCUT2D eigenvalue weighted by molar-refractivity contribution is 5.04. The highest BCUT2D eigenvalue weighted by Gasteiger charge is 2.18. The van der Waals surface area contributed by atoms with Crippen LogP contribution in [0.4, 0.5) is 0 Å². The molecule has 0 aromatic carbocycles. The Kier molecular flexibility index (Phi) is 1.81. The van der Waals surface area contributed by atoms with Crippen molar-refractivity contribution >= 4 is 0 Å². The van der Waals surface area contributed by atoms with Crippen molar-refractivity contribution in [2.75, 3.05) is 13.2 Å². The van der Waals surface area contributed by atoms with Crippen LogP contribution in [0.2, 0.25) is 0 Å². The lowest BCUT2D eigenvalue weighted by molar-refractivity contribution is 0.193. The van der Waals surface area contributed by atoms with Crippen molar-refractivity contribution in [1.29, 1.82) is 0 Å². The zero-order valence-electron chi connectivity index (χ0n) is 6.23. The highest BCUT2D eigenvalue weighted by Crippen LogP contribution is 2.21. The molecule has 0 spiro atoms. The predicted octanol–water partition coefficient (Wildman–Crippen LogP) is 0.980. The molecule has 58 valence electrons. The minimum Gasteiger partial charge on any atom is -0.381 e. The fourth-order valence-corrected chi connectivity index (χ4v) is 1.29. The van der Waals surface area contributed by atoms with Crippen molar-refractivity contribution in [3.05, 3.63) is 24.3 Å². The number of aromatic nitrogens is 2. The molecular formula is C8H10N2O. The predicted molar refractivity (Wildman–Crippen MR) is 40.2 cm³/mol. The van der Waals surface area contributed by atoms with E-state index in [1.54, 1.807) is 12.4 Å². The molecule has 0 aliphatic carbocycles. The summed E-state index contributed by atoms with van der Waals surface area (Å²) in [7, 11) is 0. The summed E-state index contributed by atoms with van der Waals surface area (Å²) in [4.78, 5) is 8.23. The van der Waals surface area contributed by atoms with Crippen LogP contribution >= 0.6 is 0 Å². The Morgan fingerprint density at radius 1 is 1.45 bits per heavy atom. The van der Waals surface area contributed by atoms with E-state index in [1.165, 1.54) is 0 Å². The largest absolute Gasteiger partial charge is 0.381 e. The SMILES string of the molecule is c1cnc(C2CCOC2)cn1. The second-order valence-corrected chi connectivity index (χ2v) is 2.69. The van der Waals surface area contributed by atoms with Crippen LogP contribution in [0.3, 0.4) is 0 Å². The Labute approximate surface area is 65.4 Å². The van der Waals surface area contributed by atoms with Crippen molar-refractivity contribution in [2.24, 2.45) is 0 Å². The minimum absolute atomic E-state index is 0.476. The van der Waals surface area contributed by atoms with E-state index in [-0.39, 0.29) is 0 Å². The molecule has 1 fully saturated rings. The van der Waals surface area contributed by atoms with Crippen LogP contribution in [-0.4, -0.2) is 23.2 Å². The van der Waals surface area contributed by atoms with E-state index in [0.717, 1.165) is 25.3 Å². The molecule has 11 heavy (non-hydrogen) atoms. The van der Waals surface area contributed by atoms with E-state index in [4.69, 9.17) is 4.74 Å². The van der Waals surface area contributed by atoms with E-state index in [9.17, 15) is 0 Å². The second-order valence-electron chi connectivity index (χ2n) is 2.69. The molecule has 1 aromatic rings.